The molecule has 0 aromatic heterocycles. The molecule has 0 saturated heterocycles. The number of carbonyl (C=O) groups is 2. The second-order valence-electron chi connectivity index (χ2n) is 4.83. The van der Waals surface area contributed by atoms with Crippen LogP contribution in [0.2, 0.25) is 0 Å². The van der Waals surface area contributed by atoms with Gasteiger partial charge in [-0.1, -0.05) is 42.5 Å². The van der Waals surface area contributed by atoms with Gasteiger partial charge in [0.15, 0.2) is 12.4 Å². The van der Waals surface area contributed by atoms with Crippen LogP contribution in [-0.4, -0.2) is 25.0 Å². The Morgan fingerprint density at radius 1 is 1.00 bits per heavy atom. The number of esters is 1. The van der Waals surface area contributed by atoms with E-state index in [1.165, 1.54) is 6.92 Å². The van der Waals surface area contributed by atoms with E-state index < -0.39 is 5.97 Å². The second-order valence-corrected chi connectivity index (χ2v) is 4.83. The fourth-order valence-corrected chi connectivity index (χ4v) is 1.92. The van der Waals surface area contributed by atoms with Gasteiger partial charge in [0, 0.05) is 12.0 Å². The van der Waals surface area contributed by atoms with Gasteiger partial charge in [0.05, 0.1) is 6.61 Å². The first-order valence-corrected chi connectivity index (χ1v) is 7.08. The Kier molecular flexibility index (Phi) is 5.72. The van der Waals surface area contributed by atoms with Crippen molar-refractivity contribution in [3.8, 4) is 5.75 Å². The van der Waals surface area contributed by atoms with Crippen LogP contribution in [0.15, 0.2) is 54.6 Å². The molecule has 4 heteroatoms. The molecule has 0 saturated carbocycles. The van der Waals surface area contributed by atoms with Crippen molar-refractivity contribution in [2.75, 3.05) is 13.2 Å². The maximum atomic E-state index is 11.6. The molecule has 0 atom stereocenters. The summed E-state index contributed by atoms with van der Waals surface area (Å²) in [5.74, 6) is 0.00718. The van der Waals surface area contributed by atoms with Crippen LogP contribution in [0.3, 0.4) is 0 Å². The van der Waals surface area contributed by atoms with E-state index in [9.17, 15) is 9.59 Å². The van der Waals surface area contributed by atoms with Crippen molar-refractivity contribution in [1.29, 1.82) is 0 Å². The van der Waals surface area contributed by atoms with Crippen molar-refractivity contribution in [3.05, 3.63) is 65.7 Å². The molecule has 0 radical (unpaired) electrons. The summed E-state index contributed by atoms with van der Waals surface area (Å²) in [6.07, 6.45) is 0.673. The van der Waals surface area contributed by atoms with Crippen LogP contribution in [0, 0.1) is 0 Å². The monoisotopic (exact) mass is 298 g/mol. The van der Waals surface area contributed by atoms with Crippen LogP contribution in [0.1, 0.15) is 22.8 Å². The van der Waals surface area contributed by atoms with Crippen molar-refractivity contribution in [3.63, 3.8) is 0 Å². The van der Waals surface area contributed by atoms with Gasteiger partial charge in [0.25, 0.3) is 0 Å². The summed E-state index contributed by atoms with van der Waals surface area (Å²) in [5, 5.41) is 0. The molecule has 0 aliphatic carbocycles. The molecule has 114 valence electrons. The summed E-state index contributed by atoms with van der Waals surface area (Å²) in [4.78, 5) is 22.9. The molecular weight excluding hydrogens is 280 g/mol. The minimum atomic E-state index is -0.427. The Balaban J connectivity index is 1.73. The molecule has 0 bridgehead atoms. The molecule has 0 spiro atoms. The average Bonchev–Trinajstić information content (AvgIpc) is 2.54. The smallest absolute Gasteiger partial charge is 0.344 e. The highest BCUT2D eigenvalue weighted by molar-refractivity contribution is 5.94. The minimum absolute atomic E-state index is 0.0455. The molecular formula is C18H18O4. The van der Waals surface area contributed by atoms with Gasteiger partial charge in [0.1, 0.15) is 5.75 Å². The minimum Gasteiger partial charge on any atom is -0.482 e. The summed E-state index contributed by atoms with van der Waals surface area (Å²) >= 11 is 0. The zero-order chi connectivity index (χ0) is 15.8. The van der Waals surface area contributed by atoms with E-state index in [1.807, 2.05) is 30.3 Å². The Morgan fingerprint density at radius 3 is 2.50 bits per heavy atom. The van der Waals surface area contributed by atoms with E-state index >= 15 is 0 Å². The third-order valence-corrected chi connectivity index (χ3v) is 3.09. The summed E-state index contributed by atoms with van der Waals surface area (Å²) < 4.78 is 10.4. The molecule has 0 aliphatic heterocycles. The topological polar surface area (TPSA) is 52.6 Å². The standard InChI is InChI=1S/C18H18O4/c1-14(19)16-8-5-9-17(12-16)22-13-18(20)21-11-10-15-6-3-2-4-7-15/h2-9,12H,10-11,13H2,1H3. The van der Waals surface area contributed by atoms with E-state index in [-0.39, 0.29) is 12.4 Å². The van der Waals surface area contributed by atoms with Gasteiger partial charge in [-0.05, 0) is 24.6 Å². The van der Waals surface area contributed by atoms with Crippen molar-refractivity contribution >= 4 is 11.8 Å². The van der Waals surface area contributed by atoms with Gasteiger partial charge in [-0.2, -0.15) is 0 Å². The Labute approximate surface area is 129 Å². The van der Waals surface area contributed by atoms with Crippen LogP contribution in [0.25, 0.3) is 0 Å². The number of ether oxygens (including phenoxy) is 2. The van der Waals surface area contributed by atoms with Crippen LogP contribution in [0.5, 0.6) is 5.75 Å². The molecule has 2 aromatic carbocycles. The SMILES string of the molecule is CC(=O)c1cccc(OCC(=O)OCCc2ccccc2)c1. The lowest BCUT2D eigenvalue weighted by Crippen LogP contribution is -2.16. The largest absolute Gasteiger partial charge is 0.482 e. The molecule has 0 N–H and O–H groups in total. The van der Waals surface area contributed by atoms with Crippen molar-refractivity contribution < 1.29 is 19.1 Å². The number of carbonyl (C=O) groups excluding carboxylic acids is 2. The molecule has 0 fully saturated rings. The molecule has 0 aliphatic rings. The number of rotatable bonds is 7. The molecule has 22 heavy (non-hydrogen) atoms. The normalized spacial score (nSPS) is 10.0. The zero-order valence-electron chi connectivity index (χ0n) is 12.5. The fourth-order valence-electron chi connectivity index (χ4n) is 1.92. The second kappa shape index (κ2) is 7.98. The Hall–Kier alpha value is -2.62. The highest BCUT2D eigenvalue weighted by Gasteiger charge is 2.06. The van der Waals surface area contributed by atoms with Gasteiger partial charge in [-0.25, -0.2) is 4.79 Å². The zero-order valence-corrected chi connectivity index (χ0v) is 12.5. The number of hydrogen-bond donors (Lipinski definition) is 0. The van der Waals surface area contributed by atoms with Gasteiger partial charge in [-0.3, -0.25) is 4.79 Å². The highest BCUT2D eigenvalue weighted by Crippen LogP contribution is 2.13. The Morgan fingerprint density at radius 2 is 1.77 bits per heavy atom. The number of ketones is 1. The maximum Gasteiger partial charge on any atom is 0.344 e. The number of hydrogen-bond acceptors (Lipinski definition) is 4. The first kappa shape index (κ1) is 15.8. The molecule has 4 nitrogen and oxygen atoms in total. The molecule has 0 amide bonds. The lowest BCUT2D eigenvalue weighted by Gasteiger charge is -2.08. The quantitative estimate of drug-likeness (QED) is 0.582. The first-order valence-electron chi connectivity index (χ1n) is 7.08. The van der Waals surface area contributed by atoms with Crippen molar-refractivity contribution in [2.24, 2.45) is 0 Å². The molecule has 0 unspecified atom stereocenters. The molecule has 0 heterocycles. The van der Waals surface area contributed by atoms with E-state index in [0.29, 0.717) is 24.3 Å². The van der Waals surface area contributed by atoms with E-state index in [2.05, 4.69) is 0 Å². The van der Waals surface area contributed by atoms with Gasteiger partial charge in [-0.15, -0.1) is 0 Å². The van der Waals surface area contributed by atoms with Crippen LogP contribution in [0.4, 0.5) is 0 Å². The van der Waals surface area contributed by atoms with E-state index in [1.54, 1.807) is 24.3 Å². The molecule has 2 rings (SSSR count). The molecule has 2 aromatic rings. The van der Waals surface area contributed by atoms with Crippen LogP contribution in [-0.2, 0) is 16.0 Å². The van der Waals surface area contributed by atoms with Gasteiger partial charge >= 0.3 is 5.97 Å². The maximum absolute atomic E-state index is 11.6. The van der Waals surface area contributed by atoms with Gasteiger partial charge in [0.2, 0.25) is 0 Å². The Bertz CT molecular complexity index is 635. The summed E-state index contributed by atoms with van der Waals surface area (Å²) in [6.45, 7) is 1.63. The number of benzene rings is 2. The van der Waals surface area contributed by atoms with Crippen molar-refractivity contribution in [1.82, 2.24) is 0 Å². The fraction of sp³-hybridized carbons (Fsp3) is 0.222. The van der Waals surface area contributed by atoms with Crippen LogP contribution >= 0.6 is 0 Å². The lowest BCUT2D eigenvalue weighted by molar-refractivity contribution is -0.145. The van der Waals surface area contributed by atoms with Crippen molar-refractivity contribution in [2.45, 2.75) is 13.3 Å². The van der Waals surface area contributed by atoms with Gasteiger partial charge < -0.3 is 9.47 Å². The summed E-state index contributed by atoms with van der Waals surface area (Å²) in [5.41, 5.74) is 1.67. The summed E-state index contributed by atoms with van der Waals surface area (Å²) in [7, 11) is 0. The first-order chi connectivity index (χ1) is 10.6. The average molecular weight is 298 g/mol. The predicted octanol–water partition coefficient (Wildman–Crippen LogP) is 3.05. The summed E-state index contributed by atoms with van der Waals surface area (Å²) in [6, 6.07) is 16.5. The predicted molar refractivity (Wildman–Crippen MR) is 83.0 cm³/mol. The number of Topliss-reactive ketones (excluding diaryl/α,β-unsaturated/α-hetero) is 1. The highest BCUT2D eigenvalue weighted by atomic mass is 16.6. The third-order valence-electron chi connectivity index (χ3n) is 3.09. The van der Waals surface area contributed by atoms with Crippen LogP contribution < -0.4 is 4.74 Å². The van der Waals surface area contributed by atoms with E-state index in [4.69, 9.17) is 9.47 Å². The van der Waals surface area contributed by atoms with E-state index in [0.717, 1.165) is 5.56 Å². The lowest BCUT2D eigenvalue weighted by atomic mass is 10.1. The third kappa shape index (κ3) is 5.05.